The second-order valence-corrected chi connectivity index (χ2v) is 5.24. The van der Waals surface area contributed by atoms with E-state index in [0.29, 0.717) is 6.61 Å². The molecule has 0 radical (unpaired) electrons. The molecule has 18 heavy (non-hydrogen) atoms. The SMILES string of the molecule is CCNC(C)(CO)COc1cc(C)cc(C)c1C. The van der Waals surface area contributed by atoms with Gasteiger partial charge in [-0.3, -0.25) is 0 Å². The first-order chi connectivity index (χ1) is 8.41. The number of rotatable bonds is 6. The van der Waals surface area contributed by atoms with Crippen molar-refractivity contribution in [3.63, 3.8) is 0 Å². The van der Waals surface area contributed by atoms with Crippen LogP contribution in [-0.2, 0) is 0 Å². The quantitative estimate of drug-likeness (QED) is 0.815. The van der Waals surface area contributed by atoms with Gasteiger partial charge in [0.2, 0.25) is 0 Å². The second-order valence-electron chi connectivity index (χ2n) is 5.24. The fraction of sp³-hybridized carbons (Fsp3) is 0.600. The standard InChI is InChI=1S/C15H25NO2/c1-6-16-15(5,9-17)10-18-14-8-11(2)7-12(3)13(14)4/h7-8,16-17H,6,9-10H2,1-5H3. The second kappa shape index (κ2) is 6.21. The van der Waals surface area contributed by atoms with E-state index < -0.39 is 5.54 Å². The first-order valence-electron chi connectivity index (χ1n) is 6.48. The summed E-state index contributed by atoms with van der Waals surface area (Å²) in [4.78, 5) is 0. The van der Waals surface area contributed by atoms with E-state index in [9.17, 15) is 5.11 Å². The van der Waals surface area contributed by atoms with Gasteiger partial charge in [0.25, 0.3) is 0 Å². The number of hydrogen-bond acceptors (Lipinski definition) is 3. The molecule has 1 aromatic carbocycles. The Balaban J connectivity index is 2.79. The Labute approximate surface area is 110 Å². The third kappa shape index (κ3) is 3.72. The highest BCUT2D eigenvalue weighted by molar-refractivity contribution is 5.42. The Kier molecular flexibility index (Phi) is 5.17. The van der Waals surface area contributed by atoms with Crippen molar-refractivity contribution in [1.82, 2.24) is 5.32 Å². The van der Waals surface area contributed by atoms with Crippen LogP contribution in [0.5, 0.6) is 5.75 Å². The summed E-state index contributed by atoms with van der Waals surface area (Å²) in [6.07, 6.45) is 0. The zero-order chi connectivity index (χ0) is 13.8. The molecule has 0 aliphatic carbocycles. The van der Waals surface area contributed by atoms with Crippen LogP contribution in [0.25, 0.3) is 0 Å². The van der Waals surface area contributed by atoms with Crippen LogP contribution in [0.4, 0.5) is 0 Å². The first kappa shape index (κ1) is 15.0. The molecule has 2 N–H and O–H groups in total. The Morgan fingerprint density at radius 1 is 1.28 bits per heavy atom. The Bertz CT molecular complexity index is 404. The summed E-state index contributed by atoms with van der Waals surface area (Å²) in [5.74, 6) is 0.907. The van der Waals surface area contributed by atoms with Crippen LogP contribution >= 0.6 is 0 Å². The fourth-order valence-electron chi connectivity index (χ4n) is 1.97. The van der Waals surface area contributed by atoms with Crippen LogP contribution in [0.1, 0.15) is 30.5 Å². The molecule has 0 aliphatic rings. The van der Waals surface area contributed by atoms with Gasteiger partial charge < -0.3 is 15.2 Å². The normalized spacial score (nSPS) is 14.3. The van der Waals surface area contributed by atoms with Gasteiger partial charge in [0.15, 0.2) is 0 Å². The summed E-state index contributed by atoms with van der Waals surface area (Å²) in [5, 5.41) is 12.7. The van der Waals surface area contributed by atoms with Crippen molar-refractivity contribution in [2.45, 2.75) is 40.2 Å². The minimum atomic E-state index is -0.390. The van der Waals surface area contributed by atoms with Gasteiger partial charge in [-0.2, -0.15) is 0 Å². The van der Waals surface area contributed by atoms with Gasteiger partial charge in [0.1, 0.15) is 12.4 Å². The van der Waals surface area contributed by atoms with Gasteiger partial charge in [0.05, 0.1) is 12.1 Å². The maximum Gasteiger partial charge on any atom is 0.122 e. The van der Waals surface area contributed by atoms with Crippen molar-refractivity contribution < 1.29 is 9.84 Å². The molecule has 0 fully saturated rings. The van der Waals surface area contributed by atoms with Crippen molar-refractivity contribution in [3.05, 3.63) is 28.8 Å². The molecule has 0 aromatic heterocycles. The topological polar surface area (TPSA) is 41.5 Å². The smallest absolute Gasteiger partial charge is 0.122 e. The van der Waals surface area contributed by atoms with Gasteiger partial charge >= 0.3 is 0 Å². The highest BCUT2D eigenvalue weighted by Gasteiger charge is 2.23. The molecule has 3 nitrogen and oxygen atoms in total. The average molecular weight is 251 g/mol. The fourth-order valence-corrected chi connectivity index (χ4v) is 1.97. The van der Waals surface area contributed by atoms with E-state index in [0.717, 1.165) is 17.9 Å². The number of ether oxygens (including phenoxy) is 1. The molecule has 1 rings (SSSR count). The van der Waals surface area contributed by atoms with Crippen LogP contribution < -0.4 is 10.1 Å². The summed E-state index contributed by atoms with van der Waals surface area (Å²) in [5.41, 5.74) is 3.21. The van der Waals surface area contributed by atoms with Crippen molar-refractivity contribution in [2.75, 3.05) is 19.8 Å². The Morgan fingerprint density at radius 3 is 2.50 bits per heavy atom. The van der Waals surface area contributed by atoms with E-state index in [1.165, 1.54) is 11.1 Å². The van der Waals surface area contributed by atoms with E-state index in [1.807, 2.05) is 19.9 Å². The van der Waals surface area contributed by atoms with Crippen LogP contribution in [-0.4, -0.2) is 30.4 Å². The highest BCUT2D eigenvalue weighted by Crippen LogP contribution is 2.24. The Hall–Kier alpha value is -1.06. The highest BCUT2D eigenvalue weighted by atomic mass is 16.5. The lowest BCUT2D eigenvalue weighted by Crippen LogP contribution is -2.50. The number of aryl methyl sites for hydroxylation is 2. The lowest BCUT2D eigenvalue weighted by molar-refractivity contribution is 0.117. The molecule has 1 atom stereocenters. The van der Waals surface area contributed by atoms with Crippen LogP contribution in [0.3, 0.4) is 0 Å². The number of likely N-dealkylation sites (N-methyl/N-ethyl adjacent to an activating group) is 1. The van der Waals surface area contributed by atoms with Gasteiger partial charge in [0, 0.05) is 0 Å². The maximum atomic E-state index is 9.43. The van der Waals surface area contributed by atoms with Crippen molar-refractivity contribution in [1.29, 1.82) is 0 Å². The van der Waals surface area contributed by atoms with Crippen molar-refractivity contribution >= 4 is 0 Å². The summed E-state index contributed by atoms with van der Waals surface area (Å²) >= 11 is 0. The van der Waals surface area contributed by atoms with Gasteiger partial charge in [-0.15, -0.1) is 0 Å². The first-order valence-corrected chi connectivity index (χ1v) is 6.48. The maximum absolute atomic E-state index is 9.43. The molecule has 0 heterocycles. The molecular formula is C15H25NO2. The molecule has 0 bridgehead atoms. The summed E-state index contributed by atoms with van der Waals surface area (Å²) < 4.78 is 5.88. The number of nitrogens with one attached hydrogen (secondary N) is 1. The molecule has 0 saturated heterocycles. The third-order valence-electron chi connectivity index (χ3n) is 3.26. The molecule has 1 aromatic rings. The van der Waals surface area contributed by atoms with Crippen LogP contribution in [0.2, 0.25) is 0 Å². The molecule has 0 saturated carbocycles. The van der Waals surface area contributed by atoms with Crippen LogP contribution in [0, 0.1) is 20.8 Å². The average Bonchev–Trinajstić information content (AvgIpc) is 2.32. The molecule has 102 valence electrons. The zero-order valence-electron chi connectivity index (χ0n) is 12.1. The predicted octanol–water partition coefficient (Wildman–Crippen LogP) is 2.35. The van der Waals surface area contributed by atoms with E-state index in [2.05, 4.69) is 32.2 Å². The minimum Gasteiger partial charge on any atom is -0.491 e. The molecule has 0 aliphatic heterocycles. The third-order valence-corrected chi connectivity index (χ3v) is 3.26. The Morgan fingerprint density at radius 2 is 1.94 bits per heavy atom. The van der Waals surface area contributed by atoms with Crippen LogP contribution in [0.15, 0.2) is 12.1 Å². The van der Waals surface area contributed by atoms with E-state index >= 15 is 0 Å². The number of hydrogen-bond donors (Lipinski definition) is 2. The molecular weight excluding hydrogens is 226 g/mol. The molecule has 0 spiro atoms. The summed E-state index contributed by atoms with van der Waals surface area (Å²) in [6.45, 7) is 11.5. The zero-order valence-corrected chi connectivity index (χ0v) is 12.1. The number of aliphatic hydroxyl groups is 1. The van der Waals surface area contributed by atoms with Crippen molar-refractivity contribution in [3.8, 4) is 5.75 Å². The van der Waals surface area contributed by atoms with E-state index in [1.54, 1.807) is 0 Å². The number of benzene rings is 1. The summed E-state index contributed by atoms with van der Waals surface area (Å²) in [6, 6.07) is 4.20. The van der Waals surface area contributed by atoms with Gasteiger partial charge in [-0.25, -0.2) is 0 Å². The molecule has 1 unspecified atom stereocenters. The van der Waals surface area contributed by atoms with Gasteiger partial charge in [-0.05, 0) is 57.0 Å². The predicted molar refractivity (Wildman–Crippen MR) is 75.3 cm³/mol. The molecule has 0 amide bonds. The monoisotopic (exact) mass is 251 g/mol. The largest absolute Gasteiger partial charge is 0.491 e. The molecule has 3 heteroatoms. The van der Waals surface area contributed by atoms with Crippen molar-refractivity contribution in [2.24, 2.45) is 0 Å². The summed E-state index contributed by atoms with van der Waals surface area (Å²) in [7, 11) is 0. The van der Waals surface area contributed by atoms with Gasteiger partial charge in [-0.1, -0.05) is 13.0 Å². The lowest BCUT2D eigenvalue weighted by Gasteiger charge is -2.28. The number of aliphatic hydroxyl groups excluding tert-OH is 1. The van der Waals surface area contributed by atoms with E-state index in [-0.39, 0.29) is 6.61 Å². The minimum absolute atomic E-state index is 0.0602. The lowest BCUT2D eigenvalue weighted by atomic mass is 10.0. The van der Waals surface area contributed by atoms with E-state index in [4.69, 9.17) is 4.74 Å².